The molecule has 5 heterocycles. The third kappa shape index (κ3) is 1.82. The lowest BCUT2D eigenvalue weighted by Gasteiger charge is -2.60. The van der Waals surface area contributed by atoms with E-state index < -0.39 is 0 Å². The highest BCUT2D eigenvalue weighted by Gasteiger charge is 2.49. The topological polar surface area (TPSA) is 81.2 Å². The Bertz CT molecular complexity index is 519. The summed E-state index contributed by atoms with van der Waals surface area (Å²) >= 11 is 0. The van der Waals surface area contributed by atoms with Crippen LogP contribution < -0.4 is 0 Å². The minimum Gasteiger partial charge on any atom is -0.410 e. The molecule has 0 saturated carbocycles. The minimum atomic E-state index is 0.550. The summed E-state index contributed by atoms with van der Waals surface area (Å²) in [6.07, 6.45) is 0. The van der Waals surface area contributed by atoms with E-state index in [0.717, 1.165) is 44.5 Å². The first-order valence-corrected chi connectivity index (χ1v) is 6.70. The lowest BCUT2D eigenvalue weighted by Crippen LogP contribution is -2.79. The lowest BCUT2D eigenvalue weighted by atomic mass is 10.1. The molecule has 1 aromatic heterocycles. The molecular formula is C11H18N7O2+. The van der Waals surface area contributed by atoms with Crippen LogP contribution in [-0.4, -0.2) is 87.0 Å². The predicted molar refractivity (Wildman–Crippen MR) is 67.2 cm³/mol. The molecule has 20 heavy (non-hydrogen) atoms. The van der Waals surface area contributed by atoms with Gasteiger partial charge in [0, 0.05) is 0 Å². The Morgan fingerprint density at radius 1 is 1.20 bits per heavy atom. The van der Waals surface area contributed by atoms with Crippen LogP contribution in [0.1, 0.15) is 11.4 Å². The van der Waals surface area contributed by atoms with Gasteiger partial charge in [0.2, 0.25) is 0 Å². The molecule has 4 bridgehead atoms. The molecule has 0 spiro atoms. The Morgan fingerprint density at radius 3 is 2.25 bits per heavy atom. The highest BCUT2D eigenvalue weighted by atomic mass is 16.6. The van der Waals surface area contributed by atoms with Gasteiger partial charge in [0.15, 0.2) is 11.4 Å². The fraction of sp³-hybridized carbons (Fsp3) is 0.727. The third-order valence-electron chi connectivity index (χ3n) is 4.23. The second-order valence-electron chi connectivity index (χ2n) is 6.11. The van der Waals surface area contributed by atoms with Crippen molar-refractivity contribution in [3.8, 4) is 0 Å². The first-order chi connectivity index (χ1) is 9.67. The summed E-state index contributed by atoms with van der Waals surface area (Å²) in [4.78, 5) is 7.25. The van der Waals surface area contributed by atoms with Crippen molar-refractivity contribution < 1.29 is 14.3 Å². The molecule has 108 valence electrons. The molecule has 9 nitrogen and oxygen atoms in total. The van der Waals surface area contributed by atoms with E-state index in [2.05, 4.69) is 30.2 Å². The summed E-state index contributed by atoms with van der Waals surface area (Å²) in [5.41, 5.74) is 1.77. The van der Waals surface area contributed by atoms with Gasteiger partial charge in [-0.1, -0.05) is 10.3 Å². The number of aryl methyl sites for hydroxylation is 1. The van der Waals surface area contributed by atoms with Crippen molar-refractivity contribution in [1.29, 1.82) is 0 Å². The molecule has 0 atom stereocenters. The van der Waals surface area contributed by atoms with Crippen LogP contribution in [0.15, 0.2) is 9.78 Å². The molecule has 4 fully saturated rings. The van der Waals surface area contributed by atoms with Crippen molar-refractivity contribution in [2.75, 3.05) is 46.6 Å². The monoisotopic (exact) mass is 280 g/mol. The maximum absolute atomic E-state index is 9.35. The van der Waals surface area contributed by atoms with E-state index in [1.165, 1.54) is 0 Å². The molecule has 1 aromatic rings. The number of aromatic nitrogens is 2. The van der Waals surface area contributed by atoms with E-state index in [-0.39, 0.29) is 0 Å². The van der Waals surface area contributed by atoms with Gasteiger partial charge in [0.25, 0.3) is 0 Å². The smallest absolute Gasteiger partial charge is 0.165 e. The Morgan fingerprint density at radius 2 is 1.80 bits per heavy atom. The lowest BCUT2D eigenvalue weighted by molar-refractivity contribution is -0.972. The van der Waals surface area contributed by atoms with Crippen molar-refractivity contribution in [3.63, 3.8) is 0 Å². The normalized spacial score (nSPS) is 39.5. The Balaban J connectivity index is 1.60. The van der Waals surface area contributed by atoms with Crippen molar-refractivity contribution in [2.24, 2.45) is 5.16 Å². The molecule has 0 radical (unpaired) electrons. The number of quaternary nitrogens is 1. The van der Waals surface area contributed by atoms with Crippen molar-refractivity contribution in [2.45, 2.75) is 6.92 Å². The Kier molecular flexibility index (Phi) is 2.58. The Hall–Kier alpha value is -1.55. The van der Waals surface area contributed by atoms with Gasteiger partial charge in [0.05, 0.1) is 20.0 Å². The molecule has 5 rings (SSSR count). The van der Waals surface area contributed by atoms with Crippen LogP contribution in [0.4, 0.5) is 0 Å². The molecule has 1 N–H and O–H groups in total. The molecular weight excluding hydrogens is 262 g/mol. The van der Waals surface area contributed by atoms with Crippen molar-refractivity contribution in [3.05, 3.63) is 11.4 Å². The maximum atomic E-state index is 9.35. The molecule has 4 saturated heterocycles. The van der Waals surface area contributed by atoms with E-state index >= 15 is 0 Å². The van der Waals surface area contributed by atoms with Gasteiger partial charge < -0.3 is 5.21 Å². The predicted octanol–water partition coefficient (Wildman–Crippen LogP) is -0.935. The third-order valence-corrected chi connectivity index (χ3v) is 4.23. The second kappa shape index (κ2) is 4.22. The summed E-state index contributed by atoms with van der Waals surface area (Å²) in [5.74, 6) is 0. The number of hydrogen-bond acceptors (Lipinski definition) is 8. The van der Waals surface area contributed by atoms with Crippen LogP contribution in [0.25, 0.3) is 0 Å². The van der Waals surface area contributed by atoms with Gasteiger partial charge in [-0.2, -0.15) is 0 Å². The zero-order valence-electron chi connectivity index (χ0n) is 11.4. The molecule has 0 unspecified atom stereocenters. The molecule has 0 amide bonds. The van der Waals surface area contributed by atoms with E-state index in [9.17, 15) is 5.21 Å². The number of hydrogen-bond donors (Lipinski definition) is 1. The largest absolute Gasteiger partial charge is 0.410 e. The molecule has 9 heteroatoms. The van der Waals surface area contributed by atoms with Crippen molar-refractivity contribution >= 4 is 5.71 Å². The Labute approximate surface area is 116 Å². The van der Waals surface area contributed by atoms with Crippen LogP contribution in [0.5, 0.6) is 0 Å². The van der Waals surface area contributed by atoms with Crippen LogP contribution in [0.3, 0.4) is 0 Å². The van der Waals surface area contributed by atoms with E-state index in [1.807, 2.05) is 0 Å². The van der Waals surface area contributed by atoms with E-state index in [4.69, 9.17) is 4.63 Å². The van der Waals surface area contributed by atoms with Crippen LogP contribution >= 0.6 is 0 Å². The fourth-order valence-corrected chi connectivity index (χ4v) is 3.77. The maximum Gasteiger partial charge on any atom is 0.165 e. The van der Waals surface area contributed by atoms with Gasteiger partial charge >= 0.3 is 0 Å². The van der Waals surface area contributed by atoms with Crippen LogP contribution in [0, 0.1) is 6.92 Å². The van der Waals surface area contributed by atoms with Gasteiger partial charge in [0.1, 0.15) is 32.2 Å². The average molecular weight is 280 g/mol. The molecule has 0 aromatic carbocycles. The quantitative estimate of drug-likeness (QED) is 0.331. The number of rotatable bonds is 3. The zero-order valence-corrected chi connectivity index (χ0v) is 11.4. The molecule has 4 aliphatic heterocycles. The number of nitrogens with zero attached hydrogens (tertiary/aromatic N) is 7. The van der Waals surface area contributed by atoms with E-state index in [1.54, 1.807) is 6.92 Å². The summed E-state index contributed by atoms with van der Waals surface area (Å²) < 4.78 is 5.57. The second-order valence-corrected chi connectivity index (χ2v) is 6.11. The van der Waals surface area contributed by atoms with Crippen LogP contribution in [-0.2, 0) is 0 Å². The highest BCUT2D eigenvalue weighted by molar-refractivity contribution is 6.00. The summed E-state index contributed by atoms with van der Waals surface area (Å²) in [5, 5.41) is 20.4. The summed E-state index contributed by atoms with van der Waals surface area (Å²) in [7, 11) is 0. The van der Waals surface area contributed by atoms with E-state index in [0.29, 0.717) is 23.6 Å². The summed E-state index contributed by atoms with van der Waals surface area (Å²) in [6.45, 7) is 8.49. The zero-order chi connectivity index (χ0) is 13.7. The fourth-order valence-electron chi connectivity index (χ4n) is 3.77. The van der Waals surface area contributed by atoms with Gasteiger partial charge in [-0.15, -0.1) is 0 Å². The van der Waals surface area contributed by atoms with Crippen molar-refractivity contribution in [1.82, 2.24) is 25.0 Å². The van der Waals surface area contributed by atoms with Gasteiger partial charge in [-0.3, -0.25) is 4.48 Å². The SMILES string of the molecule is Cc1nonc1/C(C[N+]12CN3CN(CN(C3)C1)C2)=N\O. The molecule has 0 aliphatic carbocycles. The van der Waals surface area contributed by atoms with Gasteiger partial charge in [-0.25, -0.2) is 19.3 Å². The minimum absolute atomic E-state index is 0.550. The average Bonchev–Trinajstić information content (AvgIpc) is 2.80. The highest BCUT2D eigenvalue weighted by Crippen LogP contribution is 2.29. The summed E-state index contributed by atoms with van der Waals surface area (Å²) in [6, 6.07) is 0. The van der Waals surface area contributed by atoms with Gasteiger partial charge in [-0.05, 0) is 12.1 Å². The standard InChI is InChI=1S/C11H17N7O2/c1-9-11(14-20-13-9)10(12-19)2-18-6-15-3-16(7-18)5-17(4-15)8-18/h2-8H2,1H3/p+1/b12-10-. The van der Waals surface area contributed by atoms with Crippen LogP contribution in [0.2, 0.25) is 0 Å². The molecule has 4 aliphatic rings. The first-order valence-electron chi connectivity index (χ1n) is 6.70. The first kappa shape index (κ1) is 12.2. The number of oxime groups is 1.